The second kappa shape index (κ2) is 6.05. The molecule has 0 radical (unpaired) electrons. The Kier molecular flexibility index (Phi) is 4.70. The van der Waals surface area contributed by atoms with Crippen LogP contribution in [0.5, 0.6) is 0 Å². The Balaban J connectivity index is 2.65. The third kappa shape index (κ3) is 3.50. The summed E-state index contributed by atoms with van der Waals surface area (Å²) in [5.74, 6) is 0.312. The van der Waals surface area contributed by atoms with Crippen LogP contribution in [-0.2, 0) is 4.79 Å². The molecule has 3 nitrogen and oxygen atoms in total. The van der Waals surface area contributed by atoms with Gasteiger partial charge in [0.2, 0.25) is 6.41 Å². The minimum Gasteiger partial charge on any atom is -0.355 e. The molecule has 0 saturated carbocycles. The summed E-state index contributed by atoms with van der Waals surface area (Å²) < 4.78 is 0. The van der Waals surface area contributed by atoms with Gasteiger partial charge in [-0.2, -0.15) is 0 Å². The van der Waals surface area contributed by atoms with E-state index < -0.39 is 0 Å². The summed E-state index contributed by atoms with van der Waals surface area (Å²) in [6, 6.07) is 9.04. The first-order valence-corrected chi connectivity index (χ1v) is 5.43. The average molecular weight is 219 g/mol. The van der Waals surface area contributed by atoms with Crippen molar-refractivity contribution in [3.63, 3.8) is 0 Å². The lowest BCUT2D eigenvalue weighted by Gasteiger charge is -2.19. The first kappa shape index (κ1) is 12.4. The molecule has 1 aromatic rings. The van der Waals surface area contributed by atoms with E-state index in [9.17, 15) is 9.59 Å². The lowest BCUT2D eigenvalue weighted by Crippen LogP contribution is -2.34. The summed E-state index contributed by atoms with van der Waals surface area (Å²) in [7, 11) is 0. The molecule has 1 unspecified atom stereocenters. The van der Waals surface area contributed by atoms with E-state index in [-0.39, 0.29) is 17.7 Å². The Labute approximate surface area is 95.9 Å². The molecule has 0 fully saturated rings. The second-order valence-electron chi connectivity index (χ2n) is 4.13. The van der Waals surface area contributed by atoms with E-state index in [1.807, 2.05) is 32.0 Å². The molecule has 1 aromatic carbocycles. The van der Waals surface area contributed by atoms with Crippen LogP contribution in [0.25, 0.3) is 0 Å². The quantitative estimate of drug-likeness (QED) is 0.587. The van der Waals surface area contributed by atoms with Gasteiger partial charge in [0.05, 0.1) is 0 Å². The largest absolute Gasteiger partial charge is 0.355 e. The van der Waals surface area contributed by atoms with Gasteiger partial charge in [-0.1, -0.05) is 44.2 Å². The fraction of sp³-hybridized carbons (Fsp3) is 0.385. The van der Waals surface area contributed by atoms with Crippen molar-refractivity contribution in [2.24, 2.45) is 5.92 Å². The van der Waals surface area contributed by atoms with E-state index in [2.05, 4.69) is 5.32 Å². The van der Waals surface area contributed by atoms with Crippen LogP contribution in [0.3, 0.4) is 0 Å². The van der Waals surface area contributed by atoms with Gasteiger partial charge in [0.25, 0.3) is 0 Å². The van der Waals surface area contributed by atoms with Gasteiger partial charge in [-0.05, 0) is 5.92 Å². The molecule has 86 valence electrons. The van der Waals surface area contributed by atoms with Crippen LogP contribution in [0.4, 0.5) is 0 Å². The van der Waals surface area contributed by atoms with Crippen molar-refractivity contribution in [2.75, 3.05) is 0 Å². The summed E-state index contributed by atoms with van der Waals surface area (Å²) >= 11 is 0. The van der Waals surface area contributed by atoms with Gasteiger partial charge in [-0.25, -0.2) is 0 Å². The van der Waals surface area contributed by atoms with Crippen LogP contribution in [-0.4, -0.2) is 18.2 Å². The zero-order valence-electron chi connectivity index (χ0n) is 9.64. The summed E-state index contributed by atoms with van der Waals surface area (Å²) in [4.78, 5) is 22.3. The molecular formula is C13H17NO2. The molecule has 1 amide bonds. The van der Waals surface area contributed by atoms with Gasteiger partial charge in [-0.15, -0.1) is 0 Å². The molecule has 0 aromatic heterocycles. The predicted molar refractivity (Wildman–Crippen MR) is 63.2 cm³/mol. The molecule has 1 N–H and O–H groups in total. The molecule has 0 bridgehead atoms. The third-order valence-corrected chi connectivity index (χ3v) is 2.59. The zero-order chi connectivity index (χ0) is 12.0. The molecule has 0 aliphatic rings. The van der Waals surface area contributed by atoms with Gasteiger partial charge in [0, 0.05) is 18.0 Å². The number of carbonyl (C=O) groups is 2. The van der Waals surface area contributed by atoms with E-state index in [0.29, 0.717) is 18.4 Å². The number of nitrogens with one attached hydrogen (secondary N) is 1. The summed E-state index contributed by atoms with van der Waals surface area (Å²) in [5, 5.41) is 2.68. The minimum atomic E-state index is -0.0924. The highest BCUT2D eigenvalue weighted by molar-refractivity contribution is 5.96. The topological polar surface area (TPSA) is 46.2 Å². The van der Waals surface area contributed by atoms with E-state index >= 15 is 0 Å². The van der Waals surface area contributed by atoms with Crippen LogP contribution < -0.4 is 5.32 Å². The number of benzene rings is 1. The van der Waals surface area contributed by atoms with E-state index in [4.69, 9.17) is 0 Å². The maximum atomic E-state index is 11.9. The number of hydrogen-bond donors (Lipinski definition) is 1. The molecular weight excluding hydrogens is 202 g/mol. The lowest BCUT2D eigenvalue weighted by atomic mass is 9.96. The fourth-order valence-electron chi connectivity index (χ4n) is 1.52. The monoisotopic (exact) mass is 219 g/mol. The third-order valence-electron chi connectivity index (χ3n) is 2.59. The number of ketones is 1. The maximum Gasteiger partial charge on any atom is 0.207 e. The molecule has 0 spiro atoms. The molecule has 1 atom stereocenters. The van der Waals surface area contributed by atoms with Crippen molar-refractivity contribution >= 4 is 12.2 Å². The van der Waals surface area contributed by atoms with Gasteiger partial charge < -0.3 is 5.32 Å². The van der Waals surface area contributed by atoms with Crippen LogP contribution in [0.2, 0.25) is 0 Å². The first-order valence-electron chi connectivity index (χ1n) is 5.43. The molecule has 0 heterocycles. The highest BCUT2D eigenvalue weighted by atomic mass is 16.1. The molecule has 0 aliphatic heterocycles. The lowest BCUT2D eigenvalue weighted by molar-refractivity contribution is -0.110. The SMILES string of the molecule is CC(C)C(CC(=O)c1ccccc1)NC=O. The summed E-state index contributed by atoms with van der Waals surface area (Å²) in [6.07, 6.45) is 1.00. The summed E-state index contributed by atoms with van der Waals surface area (Å²) in [6.45, 7) is 3.97. The summed E-state index contributed by atoms with van der Waals surface area (Å²) in [5.41, 5.74) is 0.695. The Morgan fingerprint density at radius 2 is 1.94 bits per heavy atom. The van der Waals surface area contributed by atoms with E-state index in [0.717, 1.165) is 0 Å². The van der Waals surface area contributed by atoms with Crippen molar-refractivity contribution in [2.45, 2.75) is 26.3 Å². The van der Waals surface area contributed by atoms with Crippen molar-refractivity contribution in [1.29, 1.82) is 0 Å². The van der Waals surface area contributed by atoms with Crippen molar-refractivity contribution in [1.82, 2.24) is 5.32 Å². The molecule has 0 aliphatic carbocycles. The number of hydrogen-bond acceptors (Lipinski definition) is 2. The predicted octanol–water partition coefficient (Wildman–Crippen LogP) is 2.03. The maximum absolute atomic E-state index is 11.9. The first-order chi connectivity index (χ1) is 7.65. The molecule has 0 saturated heterocycles. The van der Waals surface area contributed by atoms with Crippen molar-refractivity contribution in [3.8, 4) is 0 Å². The standard InChI is InChI=1S/C13H17NO2/c1-10(2)12(14-9-15)8-13(16)11-6-4-3-5-7-11/h3-7,9-10,12H,8H2,1-2H3,(H,14,15). The number of Topliss-reactive ketones (excluding diaryl/α,β-unsaturated/α-hetero) is 1. The Morgan fingerprint density at radius 1 is 1.31 bits per heavy atom. The van der Waals surface area contributed by atoms with Gasteiger partial charge >= 0.3 is 0 Å². The highest BCUT2D eigenvalue weighted by Crippen LogP contribution is 2.10. The zero-order valence-corrected chi connectivity index (χ0v) is 9.64. The Bertz CT molecular complexity index is 346. The van der Waals surface area contributed by atoms with Crippen molar-refractivity contribution < 1.29 is 9.59 Å². The average Bonchev–Trinajstić information content (AvgIpc) is 2.29. The van der Waals surface area contributed by atoms with Gasteiger partial charge in [0.1, 0.15) is 0 Å². The Hall–Kier alpha value is -1.64. The number of rotatable bonds is 6. The highest BCUT2D eigenvalue weighted by Gasteiger charge is 2.17. The van der Waals surface area contributed by atoms with Crippen LogP contribution >= 0.6 is 0 Å². The Morgan fingerprint density at radius 3 is 2.44 bits per heavy atom. The molecule has 1 rings (SSSR count). The van der Waals surface area contributed by atoms with Crippen molar-refractivity contribution in [3.05, 3.63) is 35.9 Å². The normalized spacial score (nSPS) is 12.2. The van der Waals surface area contributed by atoms with E-state index in [1.54, 1.807) is 12.1 Å². The van der Waals surface area contributed by atoms with Crippen LogP contribution in [0, 0.1) is 5.92 Å². The molecule has 16 heavy (non-hydrogen) atoms. The minimum absolute atomic E-state index is 0.0636. The van der Waals surface area contributed by atoms with Crippen LogP contribution in [0.1, 0.15) is 30.6 Å². The fourth-order valence-corrected chi connectivity index (χ4v) is 1.52. The number of carbonyl (C=O) groups excluding carboxylic acids is 2. The van der Waals surface area contributed by atoms with Gasteiger partial charge in [0.15, 0.2) is 5.78 Å². The molecule has 3 heteroatoms. The van der Waals surface area contributed by atoms with Crippen LogP contribution in [0.15, 0.2) is 30.3 Å². The smallest absolute Gasteiger partial charge is 0.207 e. The number of amides is 1. The second-order valence-corrected chi connectivity index (χ2v) is 4.13. The van der Waals surface area contributed by atoms with Gasteiger partial charge in [-0.3, -0.25) is 9.59 Å². The van der Waals surface area contributed by atoms with E-state index in [1.165, 1.54) is 0 Å².